The minimum atomic E-state index is -0.302. The molecule has 2 N–H and O–H groups in total. The first kappa shape index (κ1) is 18.4. The zero-order valence-corrected chi connectivity index (χ0v) is 15.1. The number of nitrogens with zero attached hydrogens (tertiary/aromatic N) is 2. The minimum Gasteiger partial charge on any atom is -0.351 e. The lowest BCUT2D eigenvalue weighted by Gasteiger charge is -2.06. The van der Waals surface area contributed by atoms with Crippen LogP contribution in [0, 0.1) is 5.92 Å². The maximum absolute atomic E-state index is 12.0. The van der Waals surface area contributed by atoms with Gasteiger partial charge < -0.3 is 10.6 Å². The van der Waals surface area contributed by atoms with Gasteiger partial charge in [0, 0.05) is 19.4 Å². The van der Waals surface area contributed by atoms with E-state index >= 15 is 0 Å². The monoisotopic (exact) mass is 366 g/mol. The summed E-state index contributed by atoms with van der Waals surface area (Å²) < 4.78 is 0. The fourth-order valence-electron chi connectivity index (χ4n) is 1.95. The molecule has 1 aromatic carbocycles. The number of carbonyl (C=O) groups is 2. The molecule has 0 aliphatic carbocycles. The summed E-state index contributed by atoms with van der Waals surface area (Å²) >= 11 is 7.32. The van der Waals surface area contributed by atoms with E-state index < -0.39 is 0 Å². The summed E-state index contributed by atoms with van der Waals surface area (Å²) in [7, 11) is 0. The molecule has 0 saturated heterocycles. The molecule has 1 aromatic heterocycles. The van der Waals surface area contributed by atoms with E-state index in [-0.39, 0.29) is 24.8 Å². The van der Waals surface area contributed by atoms with Crippen LogP contribution in [0.4, 0.5) is 5.13 Å². The third kappa shape index (κ3) is 5.58. The van der Waals surface area contributed by atoms with Gasteiger partial charge in [-0.15, -0.1) is 10.2 Å². The van der Waals surface area contributed by atoms with E-state index in [1.54, 1.807) is 24.3 Å². The Morgan fingerprint density at radius 3 is 2.71 bits per heavy atom. The van der Waals surface area contributed by atoms with Crippen LogP contribution in [0.2, 0.25) is 5.02 Å². The number of carbonyl (C=O) groups excluding carboxylic acids is 2. The van der Waals surface area contributed by atoms with Gasteiger partial charge >= 0.3 is 0 Å². The highest BCUT2D eigenvalue weighted by atomic mass is 35.5. The normalized spacial score (nSPS) is 10.7. The number of amides is 2. The fourth-order valence-corrected chi connectivity index (χ4v) is 3.14. The van der Waals surface area contributed by atoms with Gasteiger partial charge in [-0.1, -0.05) is 48.9 Å². The Morgan fingerprint density at radius 1 is 1.25 bits per heavy atom. The molecule has 0 fully saturated rings. The molecule has 0 bridgehead atoms. The molecule has 24 heavy (non-hydrogen) atoms. The topological polar surface area (TPSA) is 84.0 Å². The van der Waals surface area contributed by atoms with Crippen LogP contribution in [0.15, 0.2) is 24.3 Å². The van der Waals surface area contributed by atoms with Crippen LogP contribution >= 0.6 is 22.9 Å². The van der Waals surface area contributed by atoms with Crippen molar-refractivity contribution in [3.05, 3.63) is 39.9 Å². The second-order valence-electron chi connectivity index (χ2n) is 5.63. The van der Waals surface area contributed by atoms with Crippen LogP contribution in [-0.4, -0.2) is 28.6 Å². The fraction of sp³-hybridized carbons (Fsp3) is 0.375. The molecule has 6 nitrogen and oxygen atoms in total. The van der Waals surface area contributed by atoms with Crippen LogP contribution < -0.4 is 10.6 Å². The predicted octanol–water partition coefficient (Wildman–Crippen LogP) is 3.15. The van der Waals surface area contributed by atoms with Crippen molar-refractivity contribution in [2.45, 2.75) is 26.7 Å². The number of anilines is 1. The van der Waals surface area contributed by atoms with E-state index in [2.05, 4.69) is 34.7 Å². The lowest BCUT2D eigenvalue weighted by molar-refractivity contribution is -0.116. The van der Waals surface area contributed by atoms with Gasteiger partial charge in [-0.25, -0.2) is 0 Å². The van der Waals surface area contributed by atoms with Crippen molar-refractivity contribution in [3.8, 4) is 0 Å². The Balaban J connectivity index is 1.76. The van der Waals surface area contributed by atoms with Crippen LogP contribution in [0.3, 0.4) is 0 Å². The number of aromatic nitrogens is 2. The minimum absolute atomic E-state index is 0.148. The zero-order valence-electron chi connectivity index (χ0n) is 13.5. The quantitative estimate of drug-likeness (QED) is 0.788. The molecular formula is C16H19ClN4O2S. The number of rotatable bonds is 7. The van der Waals surface area contributed by atoms with Crippen LogP contribution in [0.5, 0.6) is 0 Å². The van der Waals surface area contributed by atoms with Crippen molar-refractivity contribution in [1.29, 1.82) is 0 Å². The lowest BCUT2D eigenvalue weighted by Crippen LogP contribution is -2.27. The van der Waals surface area contributed by atoms with Gasteiger partial charge in [0.2, 0.25) is 11.0 Å². The summed E-state index contributed by atoms with van der Waals surface area (Å²) in [5.74, 6) is -0.0354. The Labute approximate surface area is 149 Å². The summed E-state index contributed by atoms with van der Waals surface area (Å²) in [6.07, 6.45) is 0.983. The molecule has 0 unspecified atom stereocenters. The predicted molar refractivity (Wildman–Crippen MR) is 95.5 cm³/mol. The van der Waals surface area contributed by atoms with Crippen LogP contribution in [-0.2, 0) is 11.2 Å². The number of nitrogens with one attached hydrogen (secondary N) is 2. The van der Waals surface area contributed by atoms with E-state index in [4.69, 9.17) is 11.6 Å². The van der Waals surface area contributed by atoms with Gasteiger partial charge in [-0.3, -0.25) is 9.59 Å². The maximum Gasteiger partial charge on any atom is 0.252 e. The van der Waals surface area contributed by atoms with Crippen molar-refractivity contribution in [2.75, 3.05) is 11.9 Å². The molecule has 0 radical (unpaired) electrons. The van der Waals surface area contributed by atoms with Crippen molar-refractivity contribution < 1.29 is 9.59 Å². The van der Waals surface area contributed by atoms with Crippen molar-refractivity contribution in [1.82, 2.24) is 15.5 Å². The van der Waals surface area contributed by atoms with Gasteiger partial charge in [0.25, 0.3) is 5.91 Å². The number of halogens is 1. The summed E-state index contributed by atoms with van der Waals surface area (Å²) in [4.78, 5) is 23.8. The van der Waals surface area contributed by atoms with E-state index in [1.165, 1.54) is 11.3 Å². The Bertz CT molecular complexity index is 718. The van der Waals surface area contributed by atoms with Crippen molar-refractivity contribution >= 4 is 39.9 Å². The van der Waals surface area contributed by atoms with Crippen molar-refractivity contribution in [3.63, 3.8) is 0 Å². The maximum atomic E-state index is 12.0. The summed E-state index contributed by atoms with van der Waals surface area (Å²) in [5, 5.41) is 15.1. The standard InChI is InChI=1S/C16H19ClN4O2S/c1-10(2)9-14-20-21-16(24-14)19-13(22)7-8-18-15(23)11-5-3-4-6-12(11)17/h3-6,10H,7-9H2,1-2H3,(H,18,23)(H,19,21,22). The molecule has 8 heteroatoms. The highest BCUT2D eigenvalue weighted by Gasteiger charge is 2.11. The first-order valence-electron chi connectivity index (χ1n) is 7.60. The molecule has 128 valence electrons. The van der Waals surface area contributed by atoms with Gasteiger partial charge in [-0.05, 0) is 18.1 Å². The smallest absolute Gasteiger partial charge is 0.252 e. The summed E-state index contributed by atoms with van der Waals surface area (Å²) in [6, 6.07) is 6.77. The number of hydrogen-bond acceptors (Lipinski definition) is 5. The summed E-state index contributed by atoms with van der Waals surface area (Å²) in [6.45, 7) is 4.41. The molecule has 0 saturated carbocycles. The van der Waals surface area contributed by atoms with Crippen LogP contribution in [0.25, 0.3) is 0 Å². The van der Waals surface area contributed by atoms with Gasteiger partial charge in [0.05, 0.1) is 10.6 Å². The average Bonchev–Trinajstić information content (AvgIpc) is 2.93. The van der Waals surface area contributed by atoms with E-state index in [1.807, 2.05) is 0 Å². The third-order valence-electron chi connectivity index (χ3n) is 3.05. The third-order valence-corrected chi connectivity index (χ3v) is 4.24. The second-order valence-corrected chi connectivity index (χ2v) is 7.10. The molecule has 0 atom stereocenters. The summed E-state index contributed by atoms with van der Waals surface area (Å²) in [5.41, 5.74) is 0.391. The Morgan fingerprint density at radius 2 is 2.00 bits per heavy atom. The number of hydrogen-bond donors (Lipinski definition) is 2. The molecule has 2 aromatic rings. The first-order chi connectivity index (χ1) is 11.5. The van der Waals surface area contributed by atoms with Gasteiger partial charge in [0.15, 0.2) is 0 Å². The van der Waals surface area contributed by atoms with E-state index in [0.29, 0.717) is 21.6 Å². The SMILES string of the molecule is CC(C)Cc1nnc(NC(=O)CCNC(=O)c2ccccc2Cl)s1. The Hall–Kier alpha value is -1.99. The van der Waals surface area contributed by atoms with Gasteiger partial charge in [-0.2, -0.15) is 0 Å². The highest BCUT2D eigenvalue weighted by Crippen LogP contribution is 2.18. The van der Waals surface area contributed by atoms with Crippen LogP contribution in [0.1, 0.15) is 35.6 Å². The van der Waals surface area contributed by atoms with Gasteiger partial charge in [0.1, 0.15) is 5.01 Å². The first-order valence-corrected chi connectivity index (χ1v) is 8.80. The van der Waals surface area contributed by atoms with E-state index in [0.717, 1.165) is 11.4 Å². The van der Waals surface area contributed by atoms with Crippen molar-refractivity contribution in [2.24, 2.45) is 5.92 Å². The molecule has 0 aliphatic rings. The average molecular weight is 367 g/mol. The lowest BCUT2D eigenvalue weighted by atomic mass is 10.1. The number of benzene rings is 1. The highest BCUT2D eigenvalue weighted by molar-refractivity contribution is 7.15. The molecule has 2 amide bonds. The largest absolute Gasteiger partial charge is 0.351 e. The molecule has 1 heterocycles. The second kappa shape index (κ2) is 8.75. The molecule has 0 aliphatic heterocycles. The molecular weight excluding hydrogens is 348 g/mol. The van der Waals surface area contributed by atoms with E-state index in [9.17, 15) is 9.59 Å². The molecule has 0 spiro atoms. The molecule has 2 rings (SSSR count). The zero-order chi connectivity index (χ0) is 17.5. The Kier molecular flexibility index (Phi) is 6.69.